The van der Waals surface area contributed by atoms with Gasteiger partial charge in [0.25, 0.3) is 0 Å². The third-order valence-corrected chi connectivity index (χ3v) is 2.40. The van der Waals surface area contributed by atoms with Crippen molar-refractivity contribution in [3.63, 3.8) is 0 Å². The minimum Gasteiger partial charge on any atom is -0.504 e. The van der Waals surface area contributed by atoms with E-state index in [2.05, 4.69) is 10.2 Å². The van der Waals surface area contributed by atoms with Crippen LogP contribution in [0.15, 0.2) is 0 Å². The average Bonchev–Trinajstić information content (AvgIpc) is 2.61. The first kappa shape index (κ1) is 9.21. The van der Waals surface area contributed by atoms with Crippen LogP contribution in [0.2, 0.25) is 0 Å². The minimum absolute atomic E-state index is 0.0769. The van der Waals surface area contributed by atoms with Gasteiger partial charge in [-0.2, -0.15) is 5.10 Å². The molecule has 5 heteroatoms. The van der Waals surface area contributed by atoms with Gasteiger partial charge < -0.3 is 9.84 Å². The van der Waals surface area contributed by atoms with Crippen molar-refractivity contribution in [1.29, 1.82) is 0 Å². The number of hydrogen-bond acceptors (Lipinski definition) is 4. The molecule has 0 bridgehead atoms. The summed E-state index contributed by atoms with van der Waals surface area (Å²) < 4.78 is 5.44. The van der Waals surface area contributed by atoms with Crippen molar-refractivity contribution in [2.45, 2.75) is 25.4 Å². The molecule has 0 spiro atoms. The molecule has 0 saturated carbocycles. The Bertz CT molecular complexity index is 329. The van der Waals surface area contributed by atoms with Crippen molar-refractivity contribution in [3.05, 3.63) is 11.4 Å². The lowest BCUT2D eigenvalue weighted by Crippen LogP contribution is -2.11. The van der Waals surface area contributed by atoms with E-state index in [-0.39, 0.29) is 17.5 Å². The Balaban J connectivity index is 2.22. The number of nitrogens with one attached hydrogen (secondary N) is 1. The first-order valence-corrected chi connectivity index (χ1v) is 4.67. The number of aldehydes is 1. The van der Waals surface area contributed by atoms with Crippen LogP contribution in [0, 0.1) is 0 Å². The zero-order chi connectivity index (χ0) is 9.97. The molecule has 1 fully saturated rings. The summed E-state index contributed by atoms with van der Waals surface area (Å²) in [5.74, 6) is -0.0769. The van der Waals surface area contributed by atoms with E-state index in [9.17, 15) is 9.90 Å². The highest BCUT2D eigenvalue weighted by molar-refractivity contribution is 5.76. The van der Waals surface area contributed by atoms with Gasteiger partial charge in [0.1, 0.15) is 17.5 Å². The fraction of sp³-hybridized carbons (Fsp3) is 0.556. The molecule has 1 aromatic heterocycles. The Labute approximate surface area is 81.1 Å². The zero-order valence-corrected chi connectivity index (χ0v) is 7.69. The third kappa shape index (κ3) is 1.50. The van der Waals surface area contributed by atoms with Gasteiger partial charge in [0.05, 0.1) is 0 Å². The Morgan fingerprint density at radius 3 is 3.00 bits per heavy atom. The van der Waals surface area contributed by atoms with Crippen molar-refractivity contribution in [2.24, 2.45) is 0 Å². The van der Waals surface area contributed by atoms with Gasteiger partial charge in [0.15, 0.2) is 12.0 Å². The Hall–Kier alpha value is -1.36. The summed E-state index contributed by atoms with van der Waals surface area (Å²) in [6.07, 6.45) is 3.33. The van der Waals surface area contributed by atoms with E-state index in [0.717, 1.165) is 19.3 Å². The Kier molecular flexibility index (Phi) is 2.49. The number of H-pyrrole nitrogens is 1. The maximum Gasteiger partial charge on any atom is 0.171 e. The smallest absolute Gasteiger partial charge is 0.171 e. The van der Waals surface area contributed by atoms with E-state index < -0.39 is 0 Å². The third-order valence-electron chi connectivity index (χ3n) is 2.40. The van der Waals surface area contributed by atoms with Crippen molar-refractivity contribution in [1.82, 2.24) is 10.2 Å². The monoisotopic (exact) mass is 196 g/mol. The molecule has 76 valence electrons. The molecule has 1 aromatic rings. The number of aromatic hydroxyl groups is 1. The molecule has 0 aliphatic carbocycles. The number of rotatable bonds is 2. The number of carbonyl (C=O) groups is 1. The number of hydrogen-bond donors (Lipinski definition) is 2. The molecule has 2 rings (SSSR count). The van der Waals surface area contributed by atoms with Gasteiger partial charge in [-0.25, -0.2) is 0 Å². The molecule has 5 nitrogen and oxygen atoms in total. The van der Waals surface area contributed by atoms with Crippen LogP contribution in [-0.4, -0.2) is 28.2 Å². The number of aromatic nitrogens is 2. The molecule has 1 atom stereocenters. The van der Waals surface area contributed by atoms with Crippen LogP contribution in [0.3, 0.4) is 0 Å². The Morgan fingerprint density at radius 2 is 2.43 bits per heavy atom. The van der Waals surface area contributed by atoms with Crippen molar-refractivity contribution >= 4 is 6.29 Å². The van der Waals surface area contributed by atoms with Gasteiger partial charge in [0.2, 0.25) is 0 Å². The van der Waals surface area contributed by atoms with E-state index in [4.69, 9.17) is 4.74 Å². The van der Waals surface area contributed by atoms with Gasteiger partial charge in [0, 0.05) is 6.61 Å². The second-order valence-corrected chi connectivity index (χ2v) is 3.34. The lowest BCUT2D eigenvalue weighted by atomic mass is 10.1. The van der Waals surface area contributed by atoms with E-state index >= 15 is 0 Å². The quantitative estimate of drug-likeness (QED) is 0.696. The fourth-order valence-corrected chi connectivity index (χ4v) is 1.63. The predicted molar refractivity (Wildman–Crippen MR) is 48.2 cm³/mol. The lowest BCUT2D eigenvalue weighted by Gasteiger charge is -2.20. The summed E-state index contributed by atoms with van der Waals surface area (Å²) in [6, 6.07) is 0. The van der Waals surface area contributed by atoms with Crippen LogP contribution in [-0.2, 0) is 4.74 Å². The number of ether oxygens (including phenoxy) is 1. The van der Waals surface area contributed by atoms with E-state index in [1.54, 1.807) is 0 Å². The van der Waals surface area contributed by atoms with Crippen LogP contribution < -0.4 is 0 Å². The molecule has 0 radical (unpaired) electrons. The Morgan fingerprint density at radius 1 is 1.57 bits per heavy atom. The van der Waals surface area contributed by atoms with Gasteiger partial charge in [-0.15, -0.1) is 0 Å². The van der Waals surface area contributed by atoms with Gasteiger partial charge in [-0.05, 0) is 19.3 Å². The number of carbonyl (C=O) groups excluding carboxylic acids is 1. The highest BCUT2D eigenvalue weighted by Gasteiger charge is 2.23. The van der Waals surface area contributed by atoms with Crippen LogP contribution >= 0.6 is 0 Å². The second kappa shape index (κ2) is 3.79. The summed E-state index contributed by atoms with van der Waals surface area (Å²) in [7, 11) is 0. The van der Waals surface area contributed by atoms with E-state index in [0.29, 0.717) is 18.6 Å². The zero-order valence-electron chi connectivity index (χ0n) is 7.69. The molecular weight excluding hydrogens is 184 g/mol. The van der Waals surface area contributed by atoms with Gasteiger partial charge in [-0.3, -0.25) is 9.89 Å². The SMILES string of the molecule is O=Cc1[nH]nc(C2CCCCO2)c1O. The molecule has 2 N–H and O–H groups in total. The number of aromatic amines is 1. The minimum atomic E-state index is -0.173. The van der Waals surface area contributed by atoms with Crippen molar-refractivity contribution in [2.75, 3.05) is 6.61 Å². The molecule has 0 amide bonds. The average molecular weight is 196 g/mol. The van der Waals surface area contributed by atoms with E-state index in [1.807, 2.05) is 0 Å². The van der Waals surface area contributed by atoms with Gasteiger partial charge >= 0.3 is 0 Å². The molecule has 0 aromatic carbocycles. The molecule has 1 saturated heterocycles. The van der Waals surface area contributed by atoms with Crippen LogP contribution in [0.4, 0.5) is 0 Å². The summed E-state index contributed by atoms with van der Waals surface area (Å²) in [5, 5.41) is 15.9. The largest absolute Gasteiger partial charge is 0.504 e. The summed E-state index contributed by atoms with van der Waals surface area (Å²) in [6.45, 7) is 0.688. The summed E-state index contributed by atoms with van der Waals surface area (Å²) in [5.41, 5.74) is 0.570. The predicted octanol–water partition coefficient (Wildman–Crippen LogP) is 1.17. The maximum absolute atomic E-state index is 10.5. The second-order valence-electron chi connectivity index (χ2n) is 3.34. The van der Waals surface area contributed by atoms with Crippen molar-refractivity contribution < 1.29 is 14.6 Å². The van der Waals surface area contributed by atoms with Crippen LogP contribution in [0.25, 0.3) is 0 Å². The fourth-order valence-electron chi connectivity index (χ4n) is 1.63. The highest BCUT2D eigenvalue weighted by atomic mass is 16.5. The summed E-state index contributed by atoms with van der Waals surface area (Å²) in [4.78, 5) is 10.5. The topological polar surface area (TPSA) is 75.2 Å². The molecule has 1 aliphatic heterocycles. The highest BCUT2D eigenvalue weighted by Crippen LogP contribution is 2.32. The van der Waals surface area contributed by atoms with Gasteiger partial charge in [-0.1, -0.05) is 0 Å². The van der Waals surface area contributed by atoms with Crippen LogP contribution in [0.1, 0.15) is 41.5 Å². The van der Waals surface area contributed by atoms with E-state index in [1.165, 1.54) is 0 Å². The normalized spacial score (nSPS) is 22.1. The number of nitrogens with zero attached hydrogens (tertiary/aromatic N) is 1. The standard InChI is InChI=1S/C9H12N2O3/c12-5-6-9(13)8(11-10-6)7-3-1-2-4-14-7/h5,7,13H,1-4H2,(H,10,11). The first-order chi connectivity index (χ1) is 6.83. The molecular formula is C9H12N2O3. The van der Waals surface area contributed by atoms with Crippen LogP contribution in [0.5, 0.6) is 5.75 Å². The first-order valence-electron chi connectivity index (χ1n) is 4.67. The maximum atomic E-state index is 10.5. The molecule has 1 unspecified atom stereocenters. The van der Waals surface area contributed by atoms with Crippen molar-refractivity contribution in [3.8, 4) is 5.75 Å². The molecule has 14 heavy (non-hydrogen) atoms. The molecule has 1 aliphatic rings. The lowest BCUT2D eigenvalue weighted by molar-refractivity contribution is 0.0110. The molecule has 2 heterocycles. The summed E-state index contributed by atoms with van der Waals surface area (Å²) >= 11 is 0.